The summed E-state index contributed by atoms with van der Waals surface area (Å²) in [6, 6.07) is 3.12. The van der Waals surface area contributed by atoms with Crippen molar-refractivity contribution in [3.63, 3.8) is 0 Å². The van der Waals surface area contributed by atoms with Crippen molar-refractivity contribution in [2.75, 3.05) is 21.3 Å². The average molecular weight is 663 g/mol. The summed E-state index contributed by atoms with van der Waals surface area (Å²) in [4.78, 5) is 63.1. The van der Waals surface area contributed by atoms with Gasteiger partial charge in [0.25, 0.3) is 11.8 Å². The monoisotopic (exact) mass is 662 g/mol. The summed E-state index contributed by atoms with van der Waals surface area (Å²) in [6.07, 6.45) is 0.565. The lowest BCUT2D eigenvalue weighted by molar-refractivity contribution is -0.139. The van der Waals surface area contributed by atoms with Gasteiger partial charge in [0.2, 0.25) is 11.8 Å². The van der Waals surface area contributed by atoms with Crippen molar-refractivity contribution in [1.82, 2.24) is 9.80 Å². The third-order valence-corrected chi connectivity index (χ3v) is 10.2. The highest BCUT2D eigenvalue weighted by Gasteiger charge is 2.76. The molecule has 37 heavy (non-hydrogen) atoms. The van der Waals surface area contributed by atoms with Gasteiger partial charge in [-0.15, -0.1) is 23.2 Å². The van der Waals surface area contributed by atoms with Crippen LogP contribution in [-0.4, -0.2) is 75.6 Å². The van der Waals surface area contributed by atoms with Gasteiger partial charge in [-0.3, -0.25) is 24.1 Å². The first-order valence-corrected chi connectivity index (χ1v) is 13.1. The second kappa shape index (κ2) is 8.57. The van der Waals surface area contributed by atoms with Crippen molar-refractivity contribution in [1.29, 1.82) is 0 Å². The molecule has 1 N–H and O–H groups in total. The molecule has 1 saturated carbocycles. The smallest absolute Gasteiger partial charge is 0.423 e. The number of halogens is 3. The summed E-state index contributed by atoms with van der Waals surface area (Å²) >= 11 is 16.1. The van der Waals surface area contributed by atoms with Crippen LogP contribution < -0.4 is 4.74 Å². The molecule has 5 rings (SSSR count). The number of allylic oxidation sites excluding steroid dienone is 2. The number of carbonyl (C=O) groups excluding carboxylic acids is 5. The molecule has 2 heterocycles. The molecule has 2 aliphatic carbocycles. The third-order valence-electron chi connectivity index (χ3n) is 7.98. The molecule has 0 spiro atoms. The Morgan fingerprint density at radius 1 is 1.11 bits per heavy atom. The van der Waals surface area contributed by atoms with E-state index in [9.17, 15) is 29.1 Å². The van der Waals surface area contributed by atoms with Crippen molar-refractivity contribution < 1.29 is 38.6 Å². The minimum atomic E-state index is -1.96. The number of benzene rings is 1. The van der Waals surface area contributed by atoms with Gasteiger partial charge in [-0.05, 0) is 59.0 Å². The van der Waals surface area contributed by atoms with Gasteiger partial charge in [0, 0.05) is 13.0 Å². The van der Waals surface area contributed by atoms with Crippen LogP contribution in [0.2, 0.25) is 0 Å². The van der Waals surface area contributed by atoms with Crippen LogP contribution in [0, 0.1) is 21.3 Å². The highest BCUT2D eigenvalue weighted by Crippen LogP contribution is 2.65. The first kappa shape index (κ1) is 26.2. The predicted octanol–water partition coefficient (Wildman–Crippen LogP) is 2.76. The lowest BCUT2D eigenvalue weighted by Gasteiger charge is -2.50. The van der Waals surface area contributed by atoms with Gasteiger partial charge < -0.3 is 14.6 Å². The number of ether oxygens (including phenoxy) is 2. The van der Waals surface area contributed by atoms with E-state index in [0.29, 0.717) is 19.6 Å². The molecule has 1 aromatic rings. The zero-order valence-corrected chi connectivity index (χ0v) is 23.5. The number of nitrogens with zero attached hydrogens (tertiary/aromatic N) is 2. The predicted molar refractivity (Wildman–Crippen MR) is 137 cm³/mol. The Morgan fingerprint density at radius 3 is 2.41 bits per heavy atom. The first-order valence-electron chi connectivity index (χ1n) is 11.3. The zero-order chi connectivity index (χ0) is 27.2. The van der Waals surface area contributed by atoms with Gasteiger partial charge in [0.1, 0.15) is 0 Å². The Morgan fingerprint density at radius 2 is 1.78 bits per heavy atom. The topological polar surface area (TPSA) is 131 Å². The van der Waals surface area contributed by atoms with E-state index in [2.05, 4.69) is 4.74 Å². The van der Waals surface area contributed by atoms with Gasteiger partial charge in [0.15, 0.2) is 21.2 Å². The van der Waals surface area contributed by atoms with Crippen molar-refractivity contribution in [3.8, 4) is 11.5 Å². The molecule has 13 heteroatoms. The first-order chi connectivity index (χ1) is 17.3. The number of likely N-dealkylation sites (tertiary alicyclic amines) is 2. The summed E-state index contributed by atoms with van der Waals surface area (Å²) in [7, 11) is 3.73. The Balaban J connectivity index is 1.74. The largest absolute Gasteiger partial charge is 0.504 e. The fourth-order valence-electron chi connectivity index (χ4n) is 6.31. The number of carbonyl (C=O) groups is 5. The number of fused-ring (bicyclic) bond motifs is 4. The van der Waals surface area contributed by atoms with Crippen LogP contribution in [-0.2, 0) is 23.9 Å². The van der Waals surface area contributed by atoms with Crippen LogP contribution >= 0.6 is 45.8 Å². The maximum atomic E-state index is 13.6. The van der Waals surface area contributed by atoms with Crippen LogP contribution in [0.1, 0.15) is 24.3 Å². The molecular formula is C24H21Cl2IN2O8. The maximum Gasteiger partial charge on any atom is 0.423 e. The lowest BCUT2D eigenvalue weighted by atomic mass is 9.56. The molecular weight excluding hydrogens is 642 g/mol. The van der Waals surface area contributed by atoms with Crippen molar-refractivity contribution >= 4 is 75.5 Å². The van der Waals surface area contributed by atoms with Gasteiger partial charge in [0.05, 0.1) is 29.6 Å². The molecule has 0 bridgehead atoms. The Kier molecular flexibility index (Phi) is 6.07. The highest BCUT2D eigenvalue weighted by atomic mass is 127. The number of phenols is 1. The van der Waals surface area contributed by atoms with Crippen molar-refractivity contribution in [2.24, 2.45) is 17.8 Å². The minimum absolute atomic E-state index is 0.109. The molecule has 2 aliphatic heterocycles. The molecule has 0 unspecified atom stereocenters. The van der Waals surface area contributed by atoms with E-state index >= 15 is 0 Å². The van der Waals surface area contributed by atoms with Gasteiger partial charge in [-0.1, -0.05) is 11.6 Å². The van der Waals surface area contributed by atoms with Gasteiger partial charge in [-0.25, -0.2) is 4.79 Å². The highest BCUT2D eigenvalue weighted by molar-refractivity contribution is 14.1. The van der Waals surface area contributed by atoms with Crippen LogP contribution in [0.3, 0.4) is 0 Å². The molecule has 4 aliphatic rings. The third kappa shape index (κ3) is 3.19. The average Bonchev–Trinajstić information content (AvgIpc) is 3.20. The quantitative estimate of drug-likeness (QED) is 0.222. The van der Waals surface area contributed by atoms with E-state index in [1.807, 2.05) is 22.6 Å². The van der Waals surface area contributed by atoms with E-state index in [-0.39, 0.29) is 24.3 Å². The Bertz CT molecular complexity index is 1330. The molecule has 0 aromatic heterocycles. The maximum absolute atomic E-state index is 13.6. The normalized spacial score (nSPS) is 34.7. The number of rotatable bonds is 2. The number of aromatic hydroxyl groups is 1. The Labute approximate surface area is 235 Å². The second-order valence-corrected chi connectivity index (χ2v) is 11.9. The van der Waals surface area contributed by atoms with Crippen LogP contribution in [0.5, 0.6) is 11.5 Å². The van der Waals surface area contributed by atoms with Crippen LogP contribution in [0.4, 0.5) is 4.79 Å². The Hall–Kier alpha value is -2.38. The van der Waals surface area contributed by atoms with E-state index in [1.54, 1.807) is 12.1 Å². The molecule has 2 saturated heterocycles. The molecule has 196 valence electrons. The molecule has 1 aromatic carbocycles. The number of methoxy groups -OCH3 is 2. The molecule has 6 atom stereocenters. The lowest BCUT2D eigenvalue weighted by Crippen LogP contribution is -2.60. The van der Waals surface area contributed by atoms with Crippen LogP contribution in [0.25, 0.3) is 0 Å². The standard InChI is InChI=1S/C24H21Cl2IN2O8/c1-28-20(33)23(25)8-12-10(4-5-11-15(12)19(32)29(18(11)31)22(35)37-3)16(24(23,26)21(28)34)9-6-13(27)17(30)14(7-9)36-2/h4,6-7,11-12,15-16,30H,5,8H2,1-3H3/t11-,12+,15-,16-,23+,24-/m0/s1. The molecule has 0 radical (unpaired) electrons. The number of amides is 5. The summed E-state index contributed by atoms with van der Waals surface area (Å²) in [6.45, 7) is 0. The molecule has 3 fully saturated rings. The zero-order valence-electron chi connectivity index (χ0n) is 19.8. The number of hydrogen-bond donors (Lipinski definition) is 1. The van der Waals surface area contributed by atoms with Crippen LogP contribution in [0.15, 0.2) is 23.8 Å². The van der Waals surface area contributed by atoms with E-state index in [0.717, 1.165) is 12.0 Å². The fourth-order valence-corrected chi connectivity index (χ4v) is 7.95. The summed E-state index contributed by atoms with van der Waals surface area (Å²) in [5.41, 5.74) is 0.993. The SMILES string of the molecule is COC(=O)N1C(=O)[C@H]2[C@H](CC=C3[C@H]2C[C@@]2(Cl)C(=O)N(C)C(=O)[C@@]2(Cl)[C@H]3c2cc(I)c(O)c(OC)c2)C1=O. The number of hydrogen-bond acceptors (Lipinski definition) is 8. The number of alkyl halides is 2. The second-order valence-electron chi connectivity index (χ2n) is 9.53. The number of imide groups is 4. The summed E-state index contributed by atoms with van der Waals surface area (Å²) < 4.78 is 10.4. The van der Waals surface area contributed by atoms with E-state index in [1.165, 1.54) is 20.2 Å². The van der Waals surface area contributed by atoms with Gasteiger partial charge >= 0.3 is 6.09 Å². The van der Waals surface area contributed by atoms with E-state index in [4.69, 9.17) is 27.9 Å². The minimum Gasteiger partial charge on any atom is -0.504 e. The molecule has 10 nitrogen and oxygen atoms in total. The van der Waals surface area contributed by atoms with Gasteiger partial charge in [-0.2, -0.15) is 4.90 Å². The van der Waals surface area contributed by atoms with Crippen molar-refractivity contribution in [2.45, 2.75) is 28.5 Å². The fraction of sp³-hybridized carbons (Fsp3) is 0.458. The molecule has 5 amide bonds. The summed E-state index contributed by atoms with van der Waals surface area (Å²) in [5.74, 6) is -6.50. The number of phenolic OH excluding ortho intramolecular Hbond substituents is 1. The van der Waals surface area contributed by atoms with Crippen molar-refractivity contribution in [3.05, 3.63) is 32.9 Å². The van der Waals surface area contributed by atoms with E-state index < -0.39 is 63.1 Å². The summed E-state index contributed by atoms with van der Waals surface area (Å²) in [5, 5.41) is 10.4.